The first-order chi connectivity index (χ1) is 16.4. The van der Waals surface area contributed by atoms with Crippen molar-refractivity contribution >= 4 is 21.6 Å². The lowest BCUT2D eigenvalue weighted by Gasteiger charge is -2.15. The number of carbonyl (C=O) groups is 1. The highest BCUT2D eigenvalue weighted by atomic mass is 32.2. The quantitative estimate of drug-likeness (QED) is 0.471. The number of nitrogens with one attached hydrogen (secondary N) is 2. The van der Waals surface area contributed by atoms with E-state index in [4.69, 9.17) is 0 Å². The Bertz CT molecular complexity index is 1210. The van der Waals surface area contributed by atoms with Gasteiger partial charge in [0, 0.05) is 12.2 Å². The van der Waals surface area contributed by atoms with Gasteiger partial charge in [-0.05, 0) is 73.8 Å². The SMILES string of the molecule is CC(NC(=O)Nc1ccc(S(=O)(=O)Cc2cccc(CN3CCCC3)c2)cc1)c1ccccc1. The molecule has 2 N–H and O–H groups in total. The van der Waals surface area contributed by atoms with Crippen LogP contribution in [0.15, 0.2) is 83.8 Å². The molecule has 0 bridgehead atoms. The third-order valence-corrected chi connectivity index (χ3v) is 7.78. The second-order valence-corrected chi connectivity index (χ2v) is 10.8. The van der Waals surface area contributed by atoms with Gasteiger partial charge in [0.1, 0.15) is 0 Å². The lowest BCUT2D eigenvalue weighted by atomic mass is 10.1. The standard InChI is InChI=1S/C27H31N3O3S/c1-21(24-10-3-2-4-11-24)28-27(31)29-25-12-14-26(15-13-25)34(32,33)20-23-9-7-8-22(18-23)19-30-16-5-6-17-30/h2-4,7-15,18,21H,5-6,16-17,19-20H2,1H3,(H2,28,29,31). The molecule has 1 atom stereocenters. The van der Waals surface area contributed by atoms with Gasteiger partial charge in [0.15, 0.2) is 9.84 Å². The molecule has 1 saturated heterocycles. The molecule has 0 aromatic heterocycles. The first kappa shape index (κ1) is 24.0. The Labute approximate surface area is 201 Å². The van der Waals surface area contributed by atoms with Crippen LogP contribution in [0.4, 0.5) is 10.5 Å². The maximum atomic E-state index is 13.0. The number of urea groups is 1. The summed E-state index contributed by atoms with van der Waals surface area (Å²) in [7, 11) is -3.50. The van der Waals surface area contributed by atoms with Gasteiger partial charge in [-0.25, -0.2) is 13.2 Å². The summed E-state index contributed by atoms with van der Waals surface area (Å²) in [5.41, 5.74) is 3.46. The van der Waals surface area contributed by atoms with Crippen LogP contribution in [-0.4, -0.2) is 32.4 Å². The van der Waals surface area contributed by atoms with Crippen molar-refractivity contribution in [3.8, 4) is 0 Å². The lowest BCUT2D eigenvalue weighted by molar-refractivity contribution is 0.249. The summed E-state index contributed by atoms with van der Waals surface area (Å²) < 4.78 is 26.0. The Hall–Kier alpha value is -3.16. The van der Waals surface area contributed by atoms with Crippen molar-refractivity contribution in [1.82, 2.24) is 10.2 Å². The normalized spacial score (nSPS) is 15.1. The van der Waals surface area contributed by atoms with Gasteiger partial charge in [0.25, 0.3) is 0 Å². The van der Waals surface area contributed by atoms with Crippen LogP contribution >= 0.6 is 0 Å². The molecule has 1 fully saturated rings. The Morgan fingerprint density at radius 1 is 0.912 bits per heavy atom. The number of hydrogen-bond donors (Lipinski definition) is 2. The second kappa shape index (κ2) is 10.8. The maximum Gasteiger partial charge on any atom is 0.319 e. The molecule has 4 rings (SSSR count). The van der Waals surface area contributed by atoms with Crippen LogP contribution in [0.5, 0.6) is 0 Å². The van der Waals surface area contributed by atoms with Crippen LogP contribution in [-0.2, 0) is 22.1 Å². The van der Waals surface area contributed by atoms with Crippen LogP contribution < -0.4 is 10.6 Å². The summed E-state index contributed by atoms with van der Waals surface area (Å²) in [4.78, 5) is 15.0. The molecule has 1 unspecified atom stereocenters. The smallest absolute Gasteiger partial charge is 0.319 e. The summed E-state index contributed by atoms with van der Waals surface area (Å²) in [5.74, 6) is -0.0529. The minimum atomic E-state index is -3.50. The highest BCUT2D eigenvalue weighted by Crippen LogP contribution is 2.21. The summed E-state index contributed by atoms with van der Waals surface area (Å²) >= 11 is 0. The van der Waals surface area contributed by atoms with Gasteiger partial charge in [0.05, 0.1) is 16.7 Å². The molecule has 6 nitrogen and oxygen atoms in total. The zero-order chi connectivity index (χ0) is 24.0. The minimum absolute atomic E-state index is 0.0529. The lowest BCUT2D eigenvalue weighted by Crippen LogP contribution is -2.31. The monoisotopic (exact) mass is 477 g/mol. The number of hydrogen-bond acceptors (Lipinski definition) is 4. The minimum Gasteiger partial charge on any atom is -0.331 e. The maximum absolute atomic E-state index is 13.0. The Balaban J connectivity index is 1.35. The molecule has 2 amide bonds. The van der Waals surface area contributed by atoms with E-state index in [1.165, 1.54) is 12.8 Å². The predicted octanol–water partition coefficient (Wildman–Crippen LogP) is 5.14. The molecule has 0 saturated carbocycles. The summed E-state index contributed by atoms with van der Waals surface area (Å²) in [5, 5.41) is 5.64. The van der Waals surface area contributed by atoms with Gasteiger partial charge >= 0.3 is 6.03 Å². The number of likely N-dealkylation sites (tertiary alicyclic amines) is 1. The highest BCUT2D eigenvalue weighted by molar-refractivity contribution is 7.90. The van der Waals surface area contributed by atoms with Gasteiger partial charge in [-0.1, -0.05) is 54.6 Å². The molecule has 34 heavy (non-hydrogen) atoms. The van der Waals surface area contributed by atoms with E-state index in [1.807, 2.05) is 55.5 Å². The molecule has 0 spiro atoms. The summed E-state index contributed by atoms with van der Waals surface area (Å²) in [6.45, 7) is 4.97. The van der Waals surface area contributed by atoms with Crippen molar-refractivity contribution in [3.05, 3.63) is 95.6 Å². The first-order valence-electron chi connectivity index (χ1n) is 11.6. The third-order valence-electron chi connectivity index (χ3n) is 6.07. The molecule has 0 radical (unpaired) electrons. The van der Waals surface area contributed by atoms with Crippen molar-refractivity contribution < 1.29 is 13.2 Å². The topological polar surface area (TPSA) is 78.5 Å². The zero-order valence-electron chi connectivity index (χ0n) is 19.4. The molecular weight excluding hydrogens is 446 g/mol. The third kappa shape index (κ3) is 6.46. The van der Waals surface area contributed by atoms with E-state index in [9.17, 15) is 13.2 Å². The van der Waals surface area contributed by atoms with Crippen molar-refractivity contribution in [2.75, 3.05) is 18.4 Å². The Kier molecular flexibility index (Phi) is 7.65. The molecule has 178 valence electrons. The fourth-order valence-electron chi connectivity index (χ4n) is 4.25. The average molecular weight is 478 g/mol. The summed E-state index contributed by atoms with van der Waals surface area (Å²) in [6, 6.07) is 23.3. The van der Waals surface area contributed by atoms with E-state index < -0.39 is 9.84 Å². The van der Waals surface area contributed by atoms with Gasteiger partial charge in [-0.15, -0.1) is 0 Å². The van der Waals surface area contributed by atoms with Crippen molar-refractivity contribution in [2.45, 2.75) is 43.0 Å². The van der Waals surface area contributed by atoms with E-state index >= 15 is 0 Å². The second-order valence-electron chi connectivity index (χ2n) is 8.82. The van der Waals surface area contributed by atoms with Crippen molar-refractivity contribution in [3.63, 3.8) is 0 Å². The molecule has 3 aromatic carbocycles. The fraction of sp³-hybridized carbons (Fsp3) is 0.296. The number of rotatable bonds is 8. The van der Waals surface area contributed by atoms with Gasteiger partial charge in [-0.3, -0.25) is 4.90 Å². The van der Waals surface area contributed by atoms with Gasteiger partial charge < -0.3 is 10.6 Å². The van der Waals surface area contributed by atoms with Crippen LogP contribution in [0.3, 0.4) is 0 Å². The first-order valence-corrected chi connectivity index (χ1v) is 13.3. The molecule has 1 aliphatic rings. The van der Waals surface area contributed by atoms with Crippen molar-refractivity contribution in [1.29, 1.82) is 0 Å². The number of anilines is 1. The van der Waals surface area contributed by atoms with Crippen LogP contribution in [0.1, 0.15) is 42.5 Å². The van der Waals surface area contributed by atoms with E-state index in [-0.39, 0.29) is 22.7 Å². The predicted molar refractivity (Wildman–Crippen MR) is 135 cm³/mol. The van der Waals surface area contributed by atoms with Gasteiger partial charge in [-0.2, -0.15) is 0 Å². The Morgan fingerprint density at radius 3 is 2.29 bits per heavy atom. The highest BCUT2D eigenvalue weighted by Gasteiger charge is 2.17. The van der Waals surface area contributed by atoms with Crippen LogP contribution in [0, 0.1) is 0 Å². The van der Waals surface area contributed by atoms with Crippen LogP contribution in [0.25, 0.3) is 0 Å². The van der Waals surface area contributed by atoms with E-state index in [1.54, 1.807) is 24.3 Å². The largest absolute Gasteiger partial charge is 0.331 e. The molecular formula is C27H31N3O3S. The number of amides is 2. The summed E-state index contributed by atoms with van der Waals surface area (Å²) in [6.07, 6.45) is 2.46. The van der Waals surface area contributed by atoms with E-state index in [2.05, 4.69) is 21.6 Å². The number of sulfone groups is 1. The van der Waals surface area contributed by atoms with Crippen molar-refractivity contribution in [2.24, 2.45) is 0 Å². The van der Waals surface area contributed by atoms with E-state index in [0.29, 0.717) is 5.69 Å². The molecule has 7 heteroatoms. The van der Waals surface area contributed by atoms with Gasteiger partial charge in [0.2, 0.25) is 0 Å². The Morgan fingerprint density at radius 2 is 1.59 bits per heavy atom. The molecule has 3 aromatic rings. The number of nitrogens with zero attached hydrogens (tertiary/aromatic N) is 1. The molecule has 0 aliphatic carbocycles. The van der Waals surface area contributed by atoms with Crippen LogP contribution in [0.2, 0.25) is 0 Å². The molecule has 1 aliphatic heterocycles. The average Bonchev–Trinajstić information content (AvgIpc) is 3.33. The molecule has 1 heterocycles. The fourth-order valence-corrected chi connectivity index (χ4v) is 5.59. The van der Waals surface area contributed by atoms with E-state index in [0.717, 1.165) is 36.3 Å². The number of carbonyl (C=O) groups excluding carboxylic acids is 1. The zero-order valence-corrected chi connectivity index (χ0v) is 20.2. The number of benzene rings is 3.